The molecule has 1 amide bonds. The second-order valence-electron chi connectivity index (χ2n) is 10.7. The van der Waals surface area contributed by atoms with Gasteiger partial charge in [0.15, 0.2) is 29.6 Å². The Morgan fingerprint density at radius 2 is 1.86 bits per heavy atom. The summed E-state index contributed by atoms with van der Waals surface area (Å²) in [6, 6.07) is 11.7. The number of likely N-dealkylation sites (N-methyl/N-ethyl adjacent to an activating group) is 1. The van der Waals surface area contributed by atoms with Crippen LogP contribution in [0.25, 0.3) is 16.9 Å². The van der Waals surface area contributed by atoms with Gasteiger partial charge in [0.1, 0.15) is 11.9 Å². The topological polar surface area (TPSA) is 114 Å². The smallest absolute Gasteiger partial charge is 0.279 e. The van der Waals surface area contributed by atoms with Gasteiger partial charge < -0.3 is 19.9 Å². The second-order valence-corrected chi connectivity index (χ2v) is 10.7. The first-order chi connectivity index (χ1) is 20.5. The van der Waals surface area contributed by atoms with Crippen LogP contribution in [0.3, 0.4) is 0 Å². The van der Waals surface area contributed by atoms with E-state index < -0.39 is 0 Å². The average molecular weight is 566 g/mol. The van der Waals surface area contributed by atoms with Crippen LogP contribution in [0.15, 0.2) is 47.4 Å². The van der Waals surface area contributed by atoms with Crippen LogP contribution >= 0.6 is 0 Å². The van der Waals surface area contributed by atoms with E-state index in [9.17, 15) is 9.59 Å². The number of piperazine rings is 1. The highest BCUT2D eigenvalue weighted by Gasteiger charge is 2.28. The van der Waals surface area contributed by atoms with Gasteiger partial charge in [-0.05, 0) is 50.2 Å². The van der Waals surface area contributed by atoms with Gasteiger partial charge in [0.05, 0.1) is 0 Å². The van der Waals surface area contributed by atoms with Crippen LogP contribution in [-0.4, -0.2) is 81.5 Å². The van der Waals surface area contributed by atoms with Gasteiger partial charge >= 0.3 is 0 Å². The number of ether oxygens (including phenoxy) is 1. The molecule has 42 heavy (non-hydrogen) atoms. The summed E-state index contributed by atoms with van der Waals surface area (Å²) in [5, 5.41) is 3.67. The zero-order chi connectivity index (χ0) is 28.6. The number of aromatic nitrogens is 5. The monoisotopic (exact) mass is 565 g/mol. The minimum Gasteiger partial charge on any atom is -0.480 e. The third-order valence-electron chi connectivity index (χ3n) is 7.88. The summed E-state index contributed by atoms with van der Waals surface area (Å²) in [4.78, 5) is 46.8. The van der Waals surface area contributed by atoms with Crippen LogP contribution in [0.5, 0.6) is 5.75 Å². The molecule has 1 N–H and O–H groups in total. The third-order valence-corrected chi connectivity index (χ3v) is 7.88. The van der Waals surface area contributed by atoms with Crippen LogP contribution in [0.4, 0.5) is 23.1 Å². The number of carbonyl (C=O) groups excluding carboxylic acids is 1. The molecule has 2 bridgehead atoms. The molecule has 6 heterocycles. The zero-order valence-corrected chi connectivity index (χ0v) is 23.4. The van der Waals surface area contributed by atoms with E-state index in [2.05, 4.69) is 51.1 Å². The lowest BCUT2D eigenvalue weighted by atomic mass is 10.2. The van der Waals surface area contributed by atoms with E-state index in [1.807, 2.05) is 12.1 Å². The van der Waals surface area contributed by atoms with E-state index in [1.165, 1.54) is 10.9 Å². The van der Waals surface area contributed by atoms with Crippen molar-refractivity contribution in [2.45, 2.75) is 25.8 Å². The Kier molecular flexibility index (Phi) is 6.71. The lowest BCUT2D eigenvalue weighted by Crippen LogP contribution is -2.44. The first kappa shape index (κ1) is 26.0. The first-order valence-electron chi connectivity index (χ1n) is 14.2. The number of amides is 1. The number of carbonyl (C=O) groups is 1. The minimum atomic E-state index is -0.263. The molecule has 0 aliphatic carbocycles. The van der Waals surface area contributed by atoms with Crippen molar-refractivity contribution < 1.29 is 9.53 Å². The molecule has 1 aromatic carbocycles. The molecule has 1 fully saturated rings. The molecule has 4 aromatic rings. The van der Waals surface area contributed by atoms with Gasteiger partial charge in [-0.15, -0.1) is 5.92 Å². The van der Waals surface area contributed by atoms with Gasteiger partial charge in [-0.25, -0.2) is 19.3 Å². The summed E-state index contributed by atoms with van der Waals surface area (Å²) < 4.78 is 8.85. The predicted molar refractivity (Wildman–Crippen MR) is 160 cm³/mol. The molecule has 12 nitrogen and oxygen atoms in total. The van der Waals surface area contributed by atoms with E-state index in [4.69, 9.17) is 14.7 Å². The molecular weight excluding hydrogens is 534 g/mol. The molecule has 1 saturated heterocycles. The Balaban J connectivity index is 1.30. The number of hydrogen-bond acceptors (Lipinski definition) is 9. The van der Waals surface area contributed by atoms with Crippen molar-refractivity contribution in [1.29, 1.82) is 0 Å². The highest BCUT2D eigenvalue weighted by molar-refractivity contribution is 5.96. The Bertz CT molecular complexity index is 1790. The predicted octanol–water partition coefficient (Wildman–Crippen LogP) is 2.39. The standard InChI is InChI=1S/C30H31N9O3/c1-35-14-16-36(17-15-35)22-9-7-8-21(18-22)32-30-31-19-23-27(34-30)39-25-11-10-24-28(33-25)37(26(40)20-42-24)12-5-3-2-4-6-13-38(39)29(23)41/h7-11,18-19H,2-3,5,12-17,20H2,1H3,(H,31,32,34). The number of pyridine rings is 1. The van der Waals surface area contributed by atoms with Gasteiger partial charge in [-0.2, -0.15) is 4.98 Å². The van der Waals surface area contributed by atoms with E-state index in [0.717, 1.165) is 50.4 Å². The maximum absolute atomic E-state index is 13.6. The normalized spacial score (nSPS) is 17.3. The number of nitrogens with zero attached hydrogens (tertiary/aromatic N) is 8. The lowest BCUT2D eigenvalue weighted by Gasteiger charge is -2.34. The fourth-order valence-electron chi connectivity index (χ4n) is 5.56. The average Bonchev–Trinajstić information content (AvgIpc) is 3.28. The van der Waals surface area contributed by atoms with E-state index >= 15 is 0 Å². The first-order valence-corrected chi connectivity index (χ1v) is 14.2. The quantitative estimate of drug-likeness (QED) is 0.374. The number of hydrogen-bond donors (Lipinski definition) is 1. The molecule has 7 rings (SSSR count). The van der Waals surface area contributed by atoms with Gasteiger partial charge in [-0.1, -0.05) is 12.0 Å². The van der Waals surface area contributed by atoms with Gasteiger partial charge in [0.2, 0.25) is 5.95 Å². The molecule has 0 spiro atoms. The van der Waals surface area contributed by atoms with Crippen LogP contribution in [-0.2, 0) is 11.3 Å². The number of benzene rings is 1. The molecule has 0 atom stereocenters. The van der Waals surface area contributed by atoms with Crippen molar-refractivity contribution in [3.8, 4) is 23.4 Å². The molecule has 3 aliphatic heterocycles. The molecule has 0 unspecified atom stereocenters. The summed E-state index contributed by atoms with van der Waals surface area (Å²) in [7, 11) is 2.14. The van der Waals surface area contributed by atoms with Crippen molar-refractivity contribution in [3.63, 3.8) is 0 Å². The zero-order valence-electron chi connectivity index (χ0n) is 23.4. The van der Waals surface area contributed by atoms with Crippen LogP contribution < -0.4 is 25.4 Å². The van der Waals surface area contributed by atoms with Crippen molar-refractivity contribution >= 4 is 40.1 Å². The highest BCUT2D eigenvalue weighted by Crippen LogP contribution is 2.32. The maximum atomic E-state index is 13.6. The lowest BCUT2D eigenvalue weighted by molar-refractivity contribution is -0.121. The molecule has 0 radical (unpaired) electrons. The van der Waals surface area contributed by atoms with Gasteiger partial charge in [-0.3, -0.25) is 14.5 Å². The minimum absolute atomic E-state index is 0.0245. The van der Waals surface area contributed by atoms with Crippen LogP contribution in [0.1, 0.15) is 19.3 Å². The number of nitrogens with one attached hydrogen (secondary N) is 1. The number of rotatable bonds is 3. The van der Waals surface area contributed by atoms with Crippen molar-refractivity contribution in [2.24, 2.45) is 0 Å². The van der Waals surface area contributed by atoms with Crippen LogP contribution in [0, 0.1) is 11.8 Å². The van der Waals surface area contributed by atoms with Gasteiger partial charge in [0.25, 0.3) is 11.5 Å². The second kappa shape index (κ2) is 10.8. The third kappa shape index (κ3) is 4.81. The van der Waals surface area contributed by atoms with Gasteiger partial charge in [0, 0.05) is 56.7 Å². The molecule has 214 valence electrons. The SMILES string of the molecule is CN1CCN(c2cccc(Nc3ncc4c(=O)n5n(c4n3)-c3ccc4c(n3)N(CCCCC#CC5)C(=O)CO4)c2)CC1. The summed E-state index contributed by atoms with van der Waals surface area (Å²) in [6.45, 7) is 4.64. The summed E-state index contributed by atoms with van der Waals surface area (Å²) in [5.74, 6) is 7.92. The Morgan fingerprint density at radius 1 is 0.976 bits per heavy atom. The molecular formula is C30H31N9O3. The Labute approximate surface area is 242 Å². The summed E-state index contributed by atoms with van der Waals surface area (Å²) in [6.07, 6.45) is 3.84. The maximum Gasteiger partial charge on any atom is 0.279 e. The number of fused-ring (bicyclic) bond motifs is 5. The largest absolute Gasteiger partial charge is 0.480 e. The summed E-state index contributed by atoms with van der Waals surface area (Å²) >= 11 is 0. The Hall–Kier alpha value is -4.89. The summed E-state index contributed by atoms with van der Waals surface area (Å²) in [5.41, 5.74) is 2.11. The molecule has 0 saturated carbocycles. The van der Waals surface area contributed by atoms with Crippen molar-refractivity contribution in [3.05, 3.63) is 52.9 Å². The molecule has 3 aromatic heterocycles. The van der Waals surface area contributed by atoms with E-state index in [1.54, 1.807) is 21.7 Å². The van der Waals surface area contributed by atoms with Crippen molar-refractivity contribution in [1.82, 2.24) is 29.2 Å². The van der Waals surface area contributed by atoms with E-state index in [0.29, 0.717) is 47.3 Å². The molecule has 12 heteroatoms. The highest BCUT2D eigenvalue weighted by atomic mass is 16.5. The number of anilines is 4. The Morgan fingerprint density at radius 3 is 2.74 bits per heavy atom. The van der Waals surface area contributed by atoms with E-state index in [-0.39, 0.29) is 24.6 Å². The molecule has 3 aliphatic rings. The van der Waals surface area contributed by atoms with Crippen molar-refractivity contribution in [2.75, 3.05) is 61.5 Å². The van der Waals surface area contributed by atoms with Crippen LogP contribution in [0.2, 0.25) is 0 Å². The fourth-order valence-corrected chi connectivity index (χ4v) is 5.56. The fraction of sp³-hybridized carbons (Fsp3) is 0.367.